The predicted molar refractivity (Wildman–Crippen MR) is 102 cm³/mol. The lowest BCUT2D eigenvalue weighted by Gasteiger charge is -2.15. The van der Waals surface area contributed by atoms with Crippen LogP contribution in [0.5, 0.6) is 0 Å². The van der Waals surface area contributed by atoms with E-state index in [0.29, 0.717) is 11.3 Å². The first-order chi connectivity index (χ1) is 13.5. The fraction of sp³-hybridized carbons (Fsp3) is 0.333. The van der Waals surface area contributed by atoms with Crippen LogP contribution < -0.4 is 5.32 Å². The lowest BCUT2D eigenvalue weighted by Crippen LogP contribution is -2.30. The molecule has 2 aromatic rings. The SMILES string of the molecule is Cc1ccc(NC(=O)C(C)OC(=O)c2ccc(COCC(F)(F)F)cc2)c(C)c1. The van der Waals surface area contributed by atoms with Crippen LogP contribution in [-0.2, 0) is 20.9 Å². The van der Waals surface area contributed by atoms with Crippen LogP contribution in [0.3, 0.4) is 0 Å². The van der Waals surface area contributed by atoms with E-state index in [2.05, 4.69) is 10.1 Å². The minimum atomic E-state index is -4.39. The molecule has 0 radical (unpaired) electrons. The second-order valence-corrected chi connectivity index (χ2v) is 6.66. The first-order valence-electron chi connectivity index (χ1n) is 8.87. The van der Waals surface area contributed by atoms with Gasteiger partial charge in [-0.05, 0) is 50.1 Å². The molecule has 0 saturated carbocycles. The summed E-state index contributed by atoms with van der Waals surface area (Å²) >= 11 is 0. The zero-order valence-corrected chi connectivity index (χ0v) is 16.3. The number of alkyl halides is 3. The largest absolute Gasteiger partial charge is 0.449 e. The first kappa shape index (κ1) is 22.4. The van der Waals surface area contributed by atoms with Gasteiger partial charge in [-0.1, -0.05) is 29.8 Å². The van der Waals surface area contributed by atoms with Crippen molar-refractivity contribution in [1.29, 1.82) is 0 Å². The Kier molecular flexibility index (Phi) is 7.39. The maximum atomic E-state index is 12.3. The number of ether oxygens (including phenoxy) is 2. The third-order valence-electron chi connectivity index (χ3n) is 4.02. The highest BCUT2D eigenvalue weighted by atomic mass is 19.4. The van der Waals surface area contributed by atoms with Crippen LogP contribution in [0.4, 0.5) is 18.9 Å². The van der Waals surface area contributed by atoms with Crippen molar-refractivity contribution in [3.63, 3.8) is 0 Å². The molecule has 1 unspecified atom stereocenters. The molecule has 0 heterocycles. The molecule has 2 rings (SSSR count). The Balaban J connectivity index is 1.89. The van der Waals surface area contributed by atoms with Gasteiger partial charge in [0.1, 0.15) is 6.61 Å². The van der Waals surface area contributed by atoms with Crippen LogP contribution in [-0.4, -0.2) is 30.8 Å². The number of hydrogen-bond donors (Lipinski definition) is 1. The molecular weight excluding hydrogens is 387 g/mol. The molecule has 1 atom stereocenters. The van der Waals surface area contributed by atoms with Crippen molar-refractivity contribution >= 4 is 17.6 Å². The van der Waals surface area contributed by atoms with Crippen LogP contribution in [0.25, 0.3) is 0 Å². The van der Waals surface area contributed by atoms with E-state index in [9.17, 15) is 22.8 Å². The molecule has 0 aliphatic heterocycles. The molecule has 0 aliphatic carbocycles. The van der Waals surface area contributed by atoms with Crippen molar-refractivity contribution in [2.75, 3.05) is 11.9 Å². The maximum absolute atomic E-state index is 12.3. The van der Waals surface area contributed by atoms with E-state index in [1.807, 2.05) is 26.0 Å². The van der Waals surface area contributed by atoms with Gasteiger partial charge in [0.25, 0.3) is 5.91 Å². The molecule has 1 N–H and O–H groups in total. The van der Waals surface area contributed by atoms with Gasteiger partial charge in [0.05, 0.1) is 12.2 Å². The number of amides is 1. The third-order valence-corrected chi connectivity index (χ3v) is 4.02. The van der Waals surface area contributed by atoms with E-state index in [1.165, 1.54) is 31.2 Å². The Hall–Kier alpha value is -2.87. The highest BCUT2D eigenvalue weighted by Gasteiger charge is 2.27. The lowest BCUT2D eigenvalue weighted by atomic mass is 10.1. The van der Waals surface area contributed by atoms with E-state index >= 15 is 0 Å². The van der Waals surface area contributed by atoms with Crippen LogP contribution in [0.1, 0.15) is 34.0 Å². The third kappa shape index (κ3) is 7.23. The van der Waals surface area contributed by atoms with E-state index in [-0.39, 0.29) is 12.2 Å². The summed E-state index contributed by atoms with van der Waals surface area (Å²) in [6, 6.07) is 11.3. The number of aryl methyl sites for hydroxylation is 2. The maximum Gasteiger partial charge on any atom is 0.411 e. The van der Waals surface area contributed by atoms with Crippen molar-refractivity contribution < 1.29 is 32.2 Å². The molecule has 0 aromatic heterocycles. The first-order valence-corrected chi connectivity index (χ1v) is 8.87. The van der Waals surface area contributed by atoms with Crippen molar-refractivity contribution in [3.05, 3.63) is 64.7 Å². The number of carbonyl (C=O) groups is 2. The topological polar surface area (TPSA) is 64.6 Å². The van der Waals surface area contributed by atoms with E-state index < -0.39 is 30.8 Å². The molecule has 5 nitrogen and oxygen atoms in total. The number of halogens is 3. The van der Waals surface area contributed by atoms with Gasteiger partial charge in [-0.3, -0.25) is 4.79 Å². The van der Waals surface area contributed by atoms with Gasteiger partial charge in [0.2, 0.25) is 0 Å². The number of benzene rings is 2. The van der Waals surface area contributed by atoms with Crippen molar-refractivity contribution in [2.24, 2.45) is 0 Å². The van der Waals surface area contributed by atoms with Crippen molar-refractivity contribution in [3.8, 4) is 0 Å². The molecule has 0 bridgehead atoms. The standard InChI is InChI=1S/C21H22F3NO4/c1-13-4-9-18(14(2)10-13)25-19(26)15(3)29-20(27)17-7-5-16(6-8-17)11-28-12-21(22,23)24/h4-10,15H,11-12H2,1-3H3,(H,25,26). The van der Waals surface area contributed by atoms with Gasteiger partial charge in [-0.2, -0.15) is 13.2 Å². The number of hydrogen-bond acceptors (Lipinski definition) is 4. The normalized spacial score (nSPS) is 12.3. The van der Waals surface area contributed by atoms with E-state index in [0.717, 1.165) is 11.1 Å². The van der Waals surface area contributed by atoms with Crippen LogP contribution in [0.15, 0.2) is 42.5 Å². The Labute approximate surface area is 166 Å². The zero-order valence-electron chi connectivity index (χ0n) is 16.3. The van der Waals surface area contributed by atoms with Crippen molar-refractivity contribution in [2.45, 2.75) is 39.7 Å². The van der Waals surface area contributed by atoms with E-state index in [4.69, 9.17) is 4.74 Å². The number of anilines is 1. The summed E-state index contributed by atoms with van der Waals surface area (Å²) in [6.45, 7) is 3.68. The molecular formula is C21H22F3NO4. The fourth-order valence-corrected chi connectivity index (χ4v) is 2.49. The average molecular weight is 409 g/mol. The van der Waals surface area contributed by atoms with Crippen LogP contribution >= 0.6 is 0 Å². The van der Waals surface area contributed by atoms with Gasteiger partial charge in [-0.25, -0.2) is 4.79 Å². The van der Waals surface area contributed by atoms with Crippen LogP contribution in [0, 0.1) is 13.8 Å². The van der Waals surface area contributed by atoms with Gasteiger partial charge in [0, 0.05) is 5.69 Å². The Morgan fingerprint density at radius 1 is 1.07 bits per heavy atom. The molecule has 0 spiro atoms. The number of carbonyl (C=O) groups excluding carboxylic acids is 2. The molecule has 0 saturated heterocycles. The molecule has 29 heavy (non-hydrogen) atoms. The number of rotatable bonds is 7. The summed E-state index contributed by atoms with van der Waals surface area (Å²) in [5.74, 6) is -1.18. The summed E-state index contributed by atoms with van der Waals surface area (Å²) in [7, 11) is 0. The quantitative estimate of drug-likeness (QED) is 0.681. The van der Waals surface area contributed by atoms with Gasteiger partial charge < -0.3 is 14.8 Å². The van der Waals surface area contributed by atoms with Gasteiger partial charge in [-0.15, -0.1) is 0 Å². The Morgan fingerprint density at radius 3 is 2.31 bits per heavy atom. The molecule has 8 heteroatoms. The smallest absolute Gasteiger partial charge is 0.411 e. The predicted octanol–water partition coefficient (Wildman–Crippen LogP) is 4.57. The Bertz CT molecular complexity index is 863. The van der Waals surface area contributed by atoms with Gasteiger partial charge in [0.15, 0.2) is 6.10 Å². The molecule has 0 fully saturated rings. The molecule has 156 valence electrons. The lowest BCUT2D eigenvalue weighted by molar-refractivity contribution is -0.176. The number of nitrogens with one attached hydrogen (secondary N) is 1. The molecule has 1 amide bonds. The zero-order chi connectivity index (χ0) is 21.6. The summed E-state index contributed by atoms with van der Waals surface area (Å²) in [5.41, 5.74) is 3.24. The van der Waals surface area contributed by atoms with Crippen molar-refractivity contribution in [1.82, 2.24) is 0 Å². The summed E-state index contributed by atoms with van der Waals surface area (Å²) in [4.78, 5) is 24.5. The monoisotopic (exact) mass is 409 g/mol. The minimum absolute atomic E-state index is 0.177. The average Bonchev–Trinajstić information content (AvgIpc) is 2.63. The highest BCUT2D eigenvalue weighted by molar-refractivity contribution is 5.97. The fourth-order valence-electron chi connectivity index (χ4n) is 2.49. The summed E-state index contributed by atoms with van der Waals surface area (Å²) in [5, 5.41) is 2.71. The molecule has 2 aromatic carbocycles. The van der Waals surface area contributed by atoms with Gasteiger partial charge >= 0.3 is 12.1 Å². The number of esters is 1. The van der Waals surface area contributed by atoms with Crippen LogP contribution in [0.2, 0.25) is 0 Å². The second-order valence-electron chi connectivity index (χ2n) is 6.66. The second kappa shape index (κ2) is 9.56. The summed E-state index contributed by atoms with van der Waals surface area (Å²) in [6.07, 6.45) is -5.42. The Morgan fingerprint density at radius 2 is 1.72 bits per heavy atom. The highest BCUT2D eigenvalue weighted by Crippen LogP contribution is 2.18. The summed E-state index contributed by atoms with van der Waals surface area (Å²) < 4.78 is 45.9. The minimum Gasteiger partial charge on any atom is -0.449 e. The van der Waals surface area contributed by atoms with E-state index in [1.54, 1.807) is 6.07 Å². The molecule has 0 aliphatic rings.